The summed E-state index contributed by atoms with van der Waals surface area (Å²) in [5.41, 5.74) is 0.333. The Morgan fingerprint density at radius 3 is 2.59 bits per heavy atom. The summed E-state index contributed by atoms with van der Waals surface area (Å²) in [7, 11) is 0. The standard InChI is InChI=1S/C22H29N3O4/c1-15(2)14-29-18-10-8-17(9-11-18)22(4)20(27)25(21(28)23-22)13-19(26)24-12-6-5-7-16(24)3/h8-11,16H,1,5-7,12-14H2,2-4H3,(H,23,28). The van der Waals surface area contributed by atoms with E-state index in [1.807, 2.05) is 13.8 Å². The number of rotatable bonds is 6. The first kappa shape index (κ1) is 20.9. The van der Waals surface area contributed by atoms with Crippen LogP contribution in [0.15, 0.2) is 36.4 Å². The highest BCUT2D eigenvalue weighted by Gasteiger charge is 2.49. The number of hydrogen-bond acceptors (Lipinski definition) is 4. The number of urea groups is 1. The van der Waals surface area contributed by atoms with Crippen LogP contribution in [-0.2, 0) is 15.1 Å². The fourth-order valence-electron chi connectivity index (χ4n) is 3.82. The Labute approximate surface area is 171 Å². The Morgan fingerprint density at radius 2 is 1.97 bits per heavy atom. The van der Waals surface area contributed by atoms with E-state index < -0.39 is 17.5 Å². The van der Waals surface area contributed by atoms with Gasteiger partial charge in [0.2, 0.25) is 5.91 Å². The summed E-state index contributed by atoms with van der Waals surface area (Å²) < 4.78 is 5.58. The first-order chi connectivity index (χ1) is 13.7. The molecule has 0 aliphatic carbocycles. The average Bonchev–Trinajstić information content (AvgIpc) is 2.91. The molecule has 2 fully saturated rings. The van der Waals surface area contributed by atoms with Gasteiger partial charge in [0.05, 0.1) is 0 Å². The van der Waals surface area contributed by atoms with Gasteiger partial charge in [0.15, 0.2) is 0 Å². The second kappa shape index (κ2) is 8.27. The van der Waals surface area contributed by atoms with Gasteiger partial charge in [-0.2, -0.15) is 0 Å². The van der Waals surface area contributed by atoms with Crippen molar-refractivity contribution in [2.45, 2.75) is 51.6 Å². The first-order valence-corrected chi connectivity index (χ1v) is 10.0. The minimum atomic E-state index is -1.21. The fourth-order valence-corrected chi connectivity index (χ4v) is 3.82. The van der Waals surface area contributed by atoms with Gasteiger partial charge in [0, 0.05) is 12.6 Å². The van der Waals surface area contributed by atoms with Crippen molar-refractivity contribution in [2.75, 3.05) is 19.7 Å². The highest BCUT2D eigenvalue weighted by molar-refractivity contribution is 6.09. The minimum absolute atomic E-state index is 0.134. The molecule has 1 aromatic carbocycles. The molecule has 0 saturated carbocycles. The number of hydrogen-bond donors (Lipinski definition) is 1. The summed E-state index contributed by atoms with van der Waals surface area (Å²) >= 11 is 0. The Kier molecular flexibility index (Phi) is 5.96. The van der Waals surface area contributed by atoms with Gasteiger partial charge in [-0.1, -0.05) is 18.7 Å². The topological polar surface area (TPSA) is 79.0 Å². The quantitative estimate of drug-likeness (QED) is 0.589. The largest absolute Gasteiger partial charge is 0.489 e. The van der Waals surface area contributed by atoms with Crippen LogP contribution in [0.3, 0.4) is 0 Å². The normalized spacial score (nSPS) is 24.4. The van der Waals surface area contributed by atoms with Crippen molar-refractivity contribution in [2.24, 2.45) is 0 Å². The number of imide groups is 1. The third kappa shape index (κ3) is 4.28. The molecule has 4 amide bonds. The minimum Gasteiger partial charge on any atom is -0.489 e. The van der Waals surface area contributed by atoms with Crippen molar-refractivity contribution in [1.29, 1.82) is 0 Å². The maximum absolute atomic E-state index is 13.1. The summed E-state index contributed by atoms with van der Waals surface area (Å²) in [6.45, 7) is 10.2. The number of ether oxygens (including phenoxy) is 1. The molecule has 2 atom stereocenters. The number of nitrogens with zero attached hydrogens (tertiary/aromatic N) is 2. The van der Waals surface area contributed by atoms with Crippen LogP contribution in [0.5, 0.6) is 5.75 Å². The maximum Gasteiger partial charge on any atom is 0.325 e. The third-order valence-corrected chi connectivity index (χ3v) is 5.61. The SMILES string of the molecule is C=C(C)COc1ccc(C2(C)NC(=O)N(CC(=O)N3CCCCC3C)C2=O)cc1. The molecular weight excluding hydrogens is 370 g/mol. The summed E-state index contributed by atoms with van der Waals surface area (Å²) in [4.78, 5) is 41.1. The molecule has 2 aliphatic rings. The molecule has 7 nitrogen and oxygen atoms in total. The Balaban J connectivity index is 1.71. The summed E-state index contributed by atoms with van der Waals surface area (Å²) in [5.74, 6) is 0.0489. The predicted molar refractivity (Wildman–Crippen MR) is 109 cm³/mol. The number of amides is 4. The van der Waals surface area contributed by atoms with Crippen molar-refractivity contribution >= 4 is 17.8 Å². The van der Waals surface area contributed by atoms with Gasteiger partial charge < -0.3 is 15.0 Å². The summed E-state index contributed by atoms with van der Waals surface area (Å²) in [5, 5.41) is 2.75. The maximum atomic E-state index is 13.1. The molecule has 156 valence electrons. The summed E-state index contributed by atoms with van der Waals surface area (Å²) in [6, 6.07) is 6.61. The van der Waals surface area contributed by atoms with Crippen molar-refractivity contribution in [1.82, 2.24) is 15.1 Å². The van der Waals surface area contributed by atoms with Gasteiger partial charge in [0.25, 0.3) is 5.91 Å². The lowest BCUT2D eigenvalue weighted by Gasteiger charge is -2.34. The van der Waals surface area contributed by atoms with Gasteiger partial charge in [-0.15, -0.1) is 0 Å². The van der Waals surface area contributed by atoms with Gasteiger partial charge in [-0.3, -0.25) is 14.5 Å². The van der Waals surface area contributed by atoms with Crippen LogP contribution in [0.2, 0.25) is 0 Å². The first-order valence-electron chi connectivity index (χ1n) is 10.0. The van der Waals surface area contributed by atoms with E-state index in [1.54, 1.807) is 36.1 Å². The Hall–Kier alpha value is -2.83. The van der Waals surface area contributed by atoms with E-state index in [1.165, 1.54) is 0 Å². The number of likely N-dealkylation sites (tertiary alicyclic amines) is 1. The van der Waals surface area contributed by atoms with E-state index in [9.17, 15) is 14.4 Å². The Bertz CT molecular complexity index is 820. The van der Waals surface area contributed by atoms with E-state index in [4.69, 9.17) is 4.74 Å². The molecule has 0 spiro atoms. The number of nitrogens with one attached hydrogen (secondary N) is 1. The van der Waals surface area contributed by atoms with Crippen LogP contribution in [0, 0.1) is 0 Å². The van der Waals surface area contributed by atoms with E-state index in [0.29, 0.717) is 24.5 Å². The number of carbonyl (C=O) groups is 3. The van der Waals surface area contributed by atoms with Crippen molar-refractivity contribution in [3.8, 4) is 5.75 Å². The molecule has 1 N–H and O–H groups in total. The zero-order valence-electron chi connectivity index (χ0n) is 17.4. The number of carbonyl (C=O) groups excluding carboxylic acids is 3. The highest BCUT2D eigenvalue weighted by atomic mass is 16.5. The van der Waals surface area contributed by atoms with Gasteiger partial charge in [0.1, 0.15) is 24.4 Å². The monoisotopic (exact) mass is 399 g/mol. The fraction of sp³-hybridized carbons (Fsp3) is 0.500. The van der Waals surface area contributed by atoms with Crippen LogP contribution < -0.4 is 10.1 Å². The van der Waals surface area contributed by atoms with E-state index in [-0.39, 0.29) is 18.5 Å². The molecule has 1 aromatic rings. The molecule has 2 heterocycles. The summed E-state index contributed by atoms with van der Waals surface area (Å²) in [6.07, 6.45) is 3.00. The smallest absolute Gasteiger partial charge is 0.325 e. The molecule has 0 aromatic heterocycles. The van der Waals surface area contributed by atoms with Gasteiger partial charge >= 0.3 is 6.03 Å². The highest BCUT2D eigenvalue weighted by Crippen LogP contribution is 2.30. The number of piperidine rings is 1. The van der Waals surface area contributed by atoms with E-state index in [0.717, 1.165) is 29.7 Å². The molecule has 7 heteroatoms. The van der Waals surface area contributed by atoms with Crippen molar-refractivity contribution in [3.63, 3.8) is 0 Å². The zero-order valence-corrected chi connectivity index (χ0v) is 17.4. The van der Waals surface area contributed by atoms with Crippen molar-refractivity contribution < 1.29 is 19.1 Å². The molecule has 0 bridgehead atoms. The van der Waals surface area contributed by atoms with Crippen LogP contribution in [0.25, 0.3) is 0 Å². The molecule has 29 heavy (non-hydrogen) atoms. The number of benzene rings is 1. The second-order valence-corrected chi connectivity index (χ2v) is 8.15. The van der Waals surface area contributed by atoms with Crippen LogP contribution in [0.4, 0.5) is 4.79 Å². The van der Waals surface area contributed by atoms with Crippen molar-refractivity contribution in [3.05, 3.63) is 42.0 Å². The molecule has 0 radical (unpaired) electrons. The lowest BCUT2D eigenvalue weighted by atomic mass is 9.92. The predicted octanol–water partition coefficient (Wildman–Crippen LogP) is 2.81. The molecule has 2 aliphatic heterocycles. The van der Waals surface area contributed by atoms with E-state index in [2.05, 4.69) is 11.9 Å². The lowest BCUT2D eigenvalue weighted by molar-refractivity contribution is -0.140. The second-order valence-electron chi connectivity index (χ2n) is 8.15. The van der Waals surface area contributed by atoms with Gasteiger partial charge in [-0.05, 0) is 63.3 Å². The third-order valence-electron chi connectivity index (χ3n) is 5.61. The van der Waals surface area contributed by atoms with Gasteiger partial charge in [-0.25, -0.2) is 4.79 Å². The molecule has 2 saturated heterocycles. The van der Waals surface area contributed by atoms with Crippen LogP contribution in [-0.4, -0.2) is 53.4 Å². The lowest BCUT2D eigenvalue weighted by Crippen LogP contribution is -2.48. The van der Waals surface area contributed by atoms with E-state index >= 15 is 0 Å². The molecule has 3 rings (SSSR count). The van der Waals surface area contributed by atoms with Crippen LogP contribution in [0.1, 0.15) is 45.6 Å². The average molecular weight is 399 g/mol. The van der Waals surface area contributed by atoms with Crippen LogP contribution >= 0.6 is 0 Å². The molecule has 2 unspecified atom stereocenters. The zero-order chi connectivity index (χ0) is 21.2. The molecular formula is C22H29N3O4. The Morgan fingerprint density at radius 1 is 1.28 bits per heavy atom.